The molecular weight excluding hydrogens is 158 g/mol. The van der Waals surface area contributed by atoms with Crippen LogP contribution < -0.4 is 5.73 Å². The fourth-order valence-corrected chi connectivity index (χ4v) is 2.92. The van der Waals surface area contributed by atoms with Gasteiger partial charge in [0.05, 0.1) is 0 Å². The van der Waals surface area contributed by atoms with E-state index in [1.807, 2.05) is 0 Å². The second-order valence-electron chi connectivity index (χ2n) is 4.51. The zero-order chi connectivity index (χ0) is 8.84. The van der Waals surface area contributed by atoms with Crippen LogP contribution in [0.3, 0.4) is 0 Å². The maximum Gasteiger partial charge on any atom is 0.00820 e. The standard InChI is InChI=1S/C12H15N/c13-12-6-10-4-8-2-1-3-9(8)5-11(10)7-12/h1-4,9,11-12H,5-7,13H2. The van der Waals surface area contributed by atoms with Crippen molar-refractivity contribution in [2.45, 2.75) is 25.3 Å². The van der Waals surface area contributed by atoms with Crippen LogP contribution in [0.2, 0.25) is 0 Å². The molecule has 13 heavy (non-hydrogen) atoms. The number of rotatable bonds is 0. The average molecular weight is 173 g/mol. The highest BCUT2D eigenvalue weighted by Gasteiger charge is 2.33. The second kappa shape index (κ2) is 2.58. The van der Waals surface area contributed by atoms with E-state index in [0.29, 0.717) is 12.0 Å². The molecule has 2 N–H and O–H groups in total. The molecule has 0 aliphatic heterocycles. The van der Waals surface area contributed by atoms with E-state index in [0.717, 1.165) is 12.3 Å². The van der Waals surface area contributed by atoms with E-state index in [1.54, 1.807) is 5.57 Å². The highest BCUT2D eigenvalue weighted by molar-refractivity contribution is 5.42. The van der Waals surface area contributed by atoms with Gasteiger partial charge in [0.15, 0.2) is 0 Å². The van der Waals surface area contributed by atoms with Crippen LogP contribution in [0.15, 0.2) is 35.5 Å². The van der Waals surface area contributed by atoms with Crippen LogP contribution in [0.4, 0.5) is 0 Å². The third kappa shape index (κ3) is 1.11. The van der Waals surface area contributed by atoms with Crippen LogP contribution in [0, 0.1) is 11.8 Å². The van der Waals surface area contributed by atoms with E-state index < -0.39 is 0 Å². The minimum atomic E-state index is 0.430. The molecule has 1 fully saturated rings. The second-order valence-corrected chi connectivity index (χ2v) is 4.51. The molecule has 0 amide bonds. The van der Waals surface area contributed by atoms with Gasteiger partial charge in [-0.25, -0.2) is 0 Å². The number of allylic oxidation sites excluding steroid dienone is 5. The summed E-state index contributed by atoms with van der Waals surface area (Å²) in [5.74, 6) is 1.50. The topological polar surface area (TPSA) is 26.0 Å². The van der Waals surface area contributed by atoms with E-state index in [-0.39, 0.29) is 0 Å². The van der Waals surface area contributed by atoms with E-state index in [1.165, 1.54) is 18.4 Å². The van der Waals surface area contributed by atoms with Crippen molar-refractivity contribution in [3.05, 3.63) is 35.5 Å². The summed E-state index contributed by atoms with van der Waals surface area (Å²) >= 11 is 0. The van der Waals surface area contributed by atoms with Crippen LogP contribution in [-0.2, 0) is 0 Å². The van der Waals surface area contributed by atoms with Crippen molar-refractivity contribution in [2.75, 3.05) is 0 Å². The molecular formula is C12H15N. The fourth-order valence-electron chi connectivity index (χ4n) is 2.92. The SMILES string of the molecule is NC1CC2=CC3=CC=CC3CC2C1. The van der Waals surface area contributed by atoms with E-state index in [2.05, 4.69) is 24.3 Å². The first-order valence-electron chi connectivity index (χ1n) is 5.17. The first kappa shape index (κ1) is 7.57. The lowest BCUT2D eigenvalue weighted by Gasteiger charge is -2.23. The first-order valence-corrected chi connectivity index (χ1v) is 5.17. The van der Waals surface area contributed by atoms with Gasteiger partial charge in [0.1, 0.15) is 0 Å². The molecule has 1 saturated carbocycles. The Morgan fingerprint density at radius 2 is 2.23 bits per heavy atom. The summed E-state index contributed by atoms with van der Waals surface area (Å²) in [7, 11) is 0. The third-order valence-electron chi connectivity index (χ3n) is 3.56. The molecule has 3 rings (SSSR count). The lowest BCUT2D eigenvalue weighted by molar-refractivity contribution is 0.488. The largest absolute Gasteiger partial charge is 0.327 e. The Kier molecular flexibility index (Phi) is 1.50. The molecule has 3 atom stereocenters. The maximum atomic E-state index is 5.97. The fraction of sp³-hybridized carbons (Fsp3) is 0.500. The molecule has 0 heterocycles. The van der Waals surface area contributed by atoms with Crippen molar-refractivity contribution in [2.24, 2.45) is 17.6 Å². The first-order chi connectivity index (χ1) is 6.33. The number of hydrogen-bond donors (Lipinski definition) is 1. The highest BCUT2D eigenvalue weighted by Crippen LogP contribution is 2.43. The molecule has 0 bridgehead atoms. The highest BCUT2D eigenvalue weighted by atomic mass is 14.7. The molecule has 0 aromatic rings. The summed E-state index contributed by atoms with van der Waals surface area (Å²) in [4.78, 5) is 0. The van der Waals surface area contributed by atoms with Crippen molar-refractivity contribution in [3.8, 4) is 0 Å². The Morgan fingerprint density at radius 1 is 1.31 bits per heavy atom. The van der Waals surface area contributed by atoms with Crippen LogP contribution in [0.5, 0.6) is 0 Å². The Balaban J connectivity index is 1.94. The van der Waals surface area contributed by atoms with Crippen molar-refractivity contribution < 1.29 is 0 Å². The maximum absolute atomic E-state index is 5.97. The zero-order valence-corrected chi connectivity index (χ0v) is 7.74. The van der Waals surface area contributed by atoms with Crippen molar-refractivity contribution in [1.82, 2.24) is 0 Å². The number of nitrogens with two attached hydrogens (primary N) is 1. The quantitative estimate of drug-likeness (QED) is 0.597. The predicted octanol–water partition coefficient (Wildman–Crippen LogP) is 2.17. The summed E-state index contributed by atoms with van der Waals surface area (Å²) < 4.78 is 0. The Labute approximate surface area is 79.0 Å². The normalized spacial score (nSPS) is 41.2. The zero-order valence-electron chi connectivity index (χ0n) is 7.74. The van der Waals surface area contributed by atoms with Gasteiger partial charge in [0.2, 0.25) is 0 Å². The smallest absolute Gasteiger partial charge is 0.00820 e. The van der Waals surface area contributed by atoms with Crippen LogP contribution >= 0.6 is 0 Å². The lowest BCUT2D eigenvalue weighted by atomic mass is 9.81. The average Bonchev–Trinajstić information content (AvgIpc) is 2.63. The number of fused-ring (bicyclic) bond motifs is 2. The molecule has 0 saturated heterocycles. The van der Waals surface area contributed by atoms with E-state index in [9.17, 15) is 0 Å². The third-order valence-corrected chi connectivity index (χ3v) is 3.56. The van der Waals surface area contributed by atoms with Gasteiger partial charge in [-0.15, -0.1) is 0 Å². The van der Waals surface area contributed by atoms with Gasteiger partial charge in [-0.05, 0) is 30.8 Å². The van der Waals surface area contributed by atoms with Gasteiger partial charge in [-0.2, -0.15) is 0 Å². The predicted molar refractivity (Wildman–Crippen MR) is 54.1 cm³/mol. The Morgan fingerprint density at radius 3 is 3.15 bits per heavy atom. The molecule has 0 aromatic carbocycles. The molecule has 3 unspecified atom stereocenters. The summed E-state index contributed by atoms with van der Waals surface area (Å²) in [6.45, 7) is 0. The summed E-state index contributed by atoms with van der Waals surface area (Å²) in [5, 5.41) is 0. The molecule has 0 radical (unpaired) electrons. The van der Waals surface area contributed by atoms with Gasteiger partial charge in [-0.1, -0.05) is 29.9 Å². The number of hydrogen-bond acceptors (Lipinski definition) is 1. The van der Waals surface area contributed by atoms with Crippen molar-refractivity contribution in [1.29, 1.82) is 0 Å². The van der Waals surface area contributed by atoms with Crippen LogP contribution in [-0.4, -0.2) is 6.04 Å². The molecule has 1 heteroatoms. The Hall–Kier alpha value is -0.820. The Bertz CT molecular complexity index is 322. The molecule has 0 aromatic heterocycles. The van der Waals surface area contributed by atoms with Crippen molar-refractivity contribution >= 4 is 0 Å². The summed E-state index contributed by atoms with van der Waals surface area (Å²) in [6.07, 6.45) is 12.8. The van der Waals surface area contributed by atoms with Gasteiger partial charge in [-0.3, -0.25) is 0 Å². The summed E-state index contributed by atoms with van der Waals surface area (Å²) in [6, 6.07) is 0.430. The lowest BCUT2D eigenvalue weighted by Crippen LogP contribution is -2.15. The molecule has 1 nitrogen and oxygen atoms in total. The monoisotopic (exact) mass is 173 g/mol. The molecule has 68 valence electrons. The molecule has 3 aliphatic rings. The summed E-state index contributed by atoms with van der Waals surface area (Å²) in [5.41, 5.74) is 9.09. The molecule has 3 aliphatic carbocycles. The van der Waals surface area contributed by atoms with Gasteiger partial charge < -0.3 is 5.73 Å². The molecule has 0 spiro atoms. The van der Waals surface area contributed by atoms with Crippen molar-refractivity contribution in [3.63, 3.8) is 0 Å². The van der Waals surface area contributed by atoms with E-state index in [4.69, 9.17) is 5.73 Å². The van der Waals surface area contributed by atoms with Gasteiger partial charge in [0.25, 0.3) is 0 Å². The van der Waals surface area contributed by atoms with Crippen LogP contribution in [0.25, 0.3) is 0 Å². The minimum absolute atomic E-state index is 0.430. The minimum Gasteiger partial charge on any atom is -0.327 e. The van der Waals surface area contributed by atoms with Gasteiger partial charge >= 0.3 is 0 Å². The van der Waals surface area contributed by atoms with E-state index >= 15 is 0 Å². The van der Waals surface area contributed by atoms with Gasteiger partial charge in [0, 0.05) is 12.0 Å². The van der Waals surface area contributed by atoms with Crippen LogP contribution in [0.1, 0.15) is 19.3 Å².